The van der Waals surface area contributed by atoms with Crippen LogP contribution >= 0.6 is 0 Å². The standard InChI is InChI=1S/C19H25FN2O2/c1-4-11-24-17-13-19(16-12-14(20)5-6-15(16)17)7-9-22(10-8-19)18(23)21(2)3/h4-6,12,17H,1,7-11,13H2,2-3H3/t17-/m1/s1. The number of benzene rings is 1. The summed E-state index contributed by atoms with van der Waals surface area (Å²) in [6.45, 7) is 5.59. The number of amides is 2. The molecular weight excluding hydrogens is 307 g/mol. The fraction of sp³-hybridized carbons (Fsp3) is 0.526. The lowest BCUT2D eigenvalue weighted by atomic mass is 9.73. The molecule has 130 valence electrons. The number of hydrogen-bond donors (Lipinski definition) is 0. The highest BCUT2D eigenvalue weighted by Gasteiger charge is 2.46. The van der Waals surface area contributed by atoms with E-state index < -0.39 is 0 Å². The number of rotatable bonds is 3. The number of carbonyl (C=O) groups excluding carboxylic acids is 1. The number of nitrogens with zero attached hydrogens (tertiary/aromatic N) is 2. The Morgan fingerprint density at radius 1 is 1.46 bits per heavy atom. The molecule has 1 aliphatic heterocycles. The number of urea groups is 1. The van der Waals surface area contributed by atoms with E-state index in [1.807, 2.05) is 11.0 Å². The zero-order valence-electron chi connectivity index (χ0n) is 14.4. The van der Waals surface area contributed by atoms with Crippen LogP contribution in [0.1, 0.15) is 36.5 Å². The fourth-order valence-corrected chi connectivity index (χ4v) is 4.06. The number of ether oxygens (including phenoxy) is 1. The zero-order valence-corrected chi connectivity index (χ0v) is 14.4. The first kappa shape index (κ1) is 17.0. The van der Waals surface area contributed by atoms with Crippen molar-refractivity contribution in [1.82, 2.24) is 9.80 Å². The normalized spacial score (nSPS) is 21.6. The number of piperidine rings is 1. The summed E-state index contributed by atoms with van der Waals surface area (Å²) in [6, 6.07) is 5.06. The maximum Gasteiger partial charge on any atom is 0.319 e. The molecular formula is C19H25FN2O2. The van der Waals surface area contributed by atoms with Gasteiger partial charge in [0.2, 0.25) is 0 Å². The van der Waals surface area contributed by atoms with Crippen LogP contribution in [0.25, 0.3) is 0 Å². The van der Waals surface area contributed by atoms with Crippen LogP contribution in [-0.2, 0) is 10.2 Å². The van der Waals surface area contributed by atoms with E-state index in [9.17, 15) is 9.18 Å². The smallest absolute Gasteiger partial charge is 0.319 e. The van der Waals surface area contributed by atoms with Crippen molar-refractivity contribution in [2.75, 3.05) is 33.8 Å². The molecule has 1 aromatic rings. The second-order valence-electron chi connectivity index (χ2n) is 6.99. The van der Waals surface area contributed by atoms with Crippen molar-refractivity contribution in [3.63, 3.8) is 0 Å². The Morgan fingerprint density at radius 3 is 2.79 bits per heavy atom. The third-order valence-corrected chi connectivity index (χ3v) is 5.30. The molecule has 1 fully saturated rings. The van der Waals surface area contributed by atoms with E-state index in [2.05, 4.69) is 6.58 Å². The second kappa shape index (κ2) is 6.55. The second-order valence-corrected chi connectivity index (χ2v) is 6.99. The highest BCUT2D eigenvalue weighted by molar-refractivity contribution is 5.74. The molecule has 1 aromatic carbocycles. The zero-order chi connectivity index (χ0) is 17.3. The first-order valence-corrected chi connectivity index (χ1v) is 8.45. The van der Waals surface area contributed by atoms with Crippen molar-refractivity contribution in [3.8, 4) is 0 Å². The SMILES string of the molecule is C=CCO[C@@H]1CC2(CCN(C(=O)N(C)C)CC2)c2cc(F)ccc21. The summed E-state index contributed by atoms with van der Waals surface area (Å²) in [6.07, 6.45) is 4.26. The van der Waals surface area contributed by atoms with Crippen LogP contribution in [0.3, 0.4) is 0 Å². The van der Waals surface area contributed by atoms with Crippen molar-refractivity contribution in [2.45, 2.75) is 30.8 Å². The molecule has 1 aliphatic carbocycles. The van der Waals surface area contributed by atoms with Crippen LogP contribution in [0.5, 0.6) is 0 Å². The Morgan fingerprint density at radius 2 is 2.17 bits per heavy atom. The van der Waals surface area contributed by atoms with Crippen LogP contribution < -0.4 is 0 Å². The maximum absolute atomic E-state index is 13.9. The van der Waals surface area contributed by atoms with Gasteiger partial charge in [-0.3, -0.25) is 0 Å². The van der Waals surface area contributed by atoms with Crippen molar-refractivity contribution < 1.29 is 13.9 Å². The van der Waals surface area contributed by atoms with Gasteiger partial charge in [-0.05, 0) is 42.5 Å². The maximum atomic E-state index is 13.9. The lowest BCUT2D eigenvalue weighted by Crippen LogP contribution is -2.47. The Kier molecular flexibility index (Phi) is 4.63. The Labute approximate surface area is 142 Å². The van der Waals surface area contributed by atoms with Gasteiger partial charge in [-0.25, -0.2) is 9.18 Å². The van der Waals surface area contributed by atoms with Crippen molar-refractivity contribution >= 4 is 6.03 Å². The van der Waals surface area contributed by atoms with E-state index in [0.717, 1.165) is 30.4 Å². The van der Waals surface area contributed by atoms with Gasteiger partial charge >= 0.3 is 6.03 Å². The molecule has 1 atom stereocenters. The van der Waals surface area contributed by atoms with E-state index in [1.54, 1.807) is 31.1 Å². The number of fused-ring (bicyclic) bond motifs is 2. The first-order valence-electron chi connectivity index (χ1n) is 8.45. The van der Waals surface area contributed by atoms with E-state index in [0.29, 0.717) is 19.7 Å². The van der Waals surface area contributed by atoms with E-state index >= 15 is 0 Å². The quantitative estimate of drug-likeness (QED) is 0.794. The van der Waals surface area contributed by atoms with Crippen LogP contribution in [0.2, 0.25) is 0 Å². The summed E-state index contributed by atoms with van der Waals surface area (Å²) in [5.41, 5.74) is 2.06. The average molecular weight is 332 g/mol. The predicted octanol–water partition coefficient (Wildman–Crippen LogP) is 3.49. The average Bonchev–Trinajstić information content (AvgIpc) is 2.86. The highest BCUT2D eigenvalue weighted by Crippen LogP contribution is 2.52. The lowest BCUT2D eigenvalue weighted by Gasteiger charge is -2.41. The molecule has 0 radical (unpaired) electrons. The topological polar surface area (TPSA) is 32.8 Å². The molecule has 0 aromatic heterocycles. The van der Waals surface area contributed by atoms with Gasteiger partial charge in [-0.2, -0.15) is 0 Å². The molecule has 1 spiro atoms. The van der Waals surface area contributed by atoms with Crippen LogP contribution in [0, 0.1) is 5.82 Å². The minimum absolute atomic E-state index is 0.0188. The monoisotopic (exact) mass is 332 g/mol. The minimum Gasteiger partial charge on any atom is -0.369 e. The van der Waals surface area contributed by atoms with Crippen LogP contribution in [0.4, 0.5) is 9.18 Å². The van der Waals surface area contributed by atoms with Crippen LogP contribution in [0.15, 0.2) is 30.9 Å². The molecule has 1 saturated heterocycles. The highest BCUT2D eigenvalue weighted by atomic mass is 19.1. The predicted molar refractivity (Wildman–Crippen MR) is 91.5 cm³/mol. The van der Waals surface area contributed by atoms with E-state index in [-0.39, 0.29) is 23.4 Å². The molecule has 2 amide bonds. The van der Waals surface area contributed by atoms with Crippen molar-refractivity contribution in [3.05, 3.63) is 47.8 Å². The van der Waals surface area contributed by atoms with E-state index in [4.69, 9.17) is 4.74 Å². The molecule has 0 saturated carbocycles. The summed E-state index contributed by atoms with van der Waals surface area (Å²) >= 11 is 0. The number of hydrogen-bond acceptors (Lipinski definition) is 2. The van der Waals surface area contributed by atoms with Gasteiger partial charge in [0.1, 0.15) is 5.82 Å². The molecule has 5 heteroatoms. The summed E-state index contributed by atoms with van der Waals surface area (Å²) < 4.78 is 19.8. The minimum atomic E-state index is -0.204. The molecule has 0 bridgehead atoms. The van der Waals surface area contributed by atoms with Gasteiger partial charge in [-0.1, -0.05) is 12.1 Å². The molecule has 0 unspecified atom stereocenters. The third-order valence-electron chi connectivity index (χ3n) is 5.30. The molecule has 2 aliphatic rings. The third kappa shape index (κ3) is 2.93. The largest absolute Gasteiger partial charge is 0.369 e. The van der Waals surface area contributed by atoms with Gasteiger partial charge in [0.05, 0.1) is 12.7 Å². The Balaban J connectivity index is 1.83. The number of likely N-dealkylation sites (tertiary alicyclic amines) is 1. The Bertz CT molecular complexity index is 636. The van der Waals surface area contributed by atoms with Gasteiger partial charge in [-0.15, -0.1) is 6.58 Å². The summed E-state index contributed by atoms with van der Waals surface area (Å²) in [5, 5.41) is 0. The molecule has 3 rings (SSSR count). The summed E-state index contributed by atoms with van der Waals surface area (Å²) in [4.78, 5) is 15.6. The fourth-order valence-electron chi connectivity index (χ4n) is 4.06. The molecule has 0 N–H and O–H groups in total. The molecule has 4 nitrogen and oxygen atoms in total. The lowest BCUT2D eigenvalue weighted by molar-refractivity contribution is 0.0509. The number of carbonyl (C=O) groups is 1. The Hall–Kier alpha value is -1.88. The van der Waals surface area contributed by atoms with E-state index in [1.165, 1.54) is 6.07 Å². The van der Waals surface area contributed by atoms with Crippen molar-refractivity contribution in [1.29, 1.82) is 0 Å². The molecule has 1 heterocycles. The van der Waals surface area contributed by atoms with Gasteiger partial charge < -0.3 is 14.5 Å². The number of halogens is 1. The van der Waals surface area contributed by atoms with Crippen molar-refractivity contribution in [2.24, 2.45) is 0 Å². The van der Waals surface area contributed by atoms with Gasteiger partial charge in [0, 0.05) is 32.6 Å². The van der Waals surface area contributed by atoms with Gasteiger partial charge in [0.15, 0.2) is 0 Å². The van der Waals surface area contributed by atoms with Gasteiger partial charge in [0.25, 0.3) is 0 Å². The summed E-state index contributed by atoms with van der Waals surface area (Å²) in [7, 11) is 3.54. The first-order chi connectivity index (χ1) is 11.5. The summed E-state index contributed by atoms with van der Waals surface area (Å²) in [5.74, 6) is -0.204. The van der Waals surface area contributed by atoms with Crippen LogP contribution in [-0.4, -0.2) is 49.6 Å². The molecule has 24 heavy (non-hydrogen) atoms.